The second-order valence-corrected chi connectivity index (χ2v) is 7.77. The van der Waals surface area contributed by atoms with Gasteiger partial charge in [-0.05, 0) is 31.8 Å². The van der Waals surface area contributed by atoms with Crippen molar-refractivity contribution in [3.63, 3.8) is 0 Å². The zero-order valence-electron chi connectivity index (χ0n) is 15.7. The molecular weight excluding hydrogens is 371 g/mol. The highest BCUT2D eigenvalue weighted by atomic mass is 35.5. The van der Waals surface area contributed by atoms with Gasteiger partial charge < -0.3 is 14.4 Å². The van der Waals surface area contributed by atoms with E-state index < -0.39 is 0 Å². The SMILES string of the molecule is CC(C)C(=O)N(CCN(C)C)Cc1nccn1Cc1ccc(Cl)cc1Cl. The number of hydrogen-bond donors (Lipinski definition) is 0. The third-order valence-corrected chi connectivity index (χ3v) is 4.70. The lowest BCUT2D eigenvalue weighted by Gasteiger charge is -2.26. The minimum atomic E-state index is -0.0497. The first-order valence-corrected chi connectivity index (χ1v) is 9.41. The van der Waals surface area contributed by atoms with Crippen LogP contribution < -0.4 is 0 Å². The summed E-state index contributed by atoms with van der Waals surface area (Å²) >= 11 is 12.3. The van der Waals surface area contributed by atoms with E-state index in [0.29, 0.717) is 29.7 Å². The fourth-order valence-corrected chi connectivity index (χ4v) is 3.06. The third kappa shape index (κ3) is 5.73. The number of carbonyl (C=O) groups excluding carboxylic acids is 1. The third-order valence-electron chi connectivity index (χ3n) is 4.11. The smallest absolute Gasteiger partial charge is 0.225 e. The summed E-state index contributed by atoms with van der Waals surface area (Å²) in [4.78, 5) is 21.0. The highest BCUT2D eigenvalue weighted by molar-refractivity contribution is 6.35. The van der Waals surface area contributed by atoms with Crippen molar-refractivity contribution >= 4 is 29.1 Å². The maximum atomic E-state index is 12.6. The molecule has 7 heteroatoms. The summed E-state index contributed by atoms with van der Waals surface area (Å²) < 4.78 is 2.02. The van der Waals surface area contributed by atoms with Gasteiger partial charge in [-0.15, -0.1) is 0 Å². The summed E-state index contributed by atoms with van der Waals surface area (Å²) in [5, 5.41) is 1.24. The number of imidazole rings is 1. The maximum Gasteiger partial charge on any atom is 0.225 e. The summed E-state index contributed by atoms with van der Waals surface area (Å²) in [6.45, 7) is 6.38. The van der Waals surface area contributed by atoms with E-state index in [1.165, 1.54) is 0 Å². The highest BCUT2D eigenvalue weighted by Gasteiger charge is 2.19. The Labute approximate surface area is 165 Å². The lowest BCUT2D eigenvalue weighted by Crippen LogP contribution is -2.39. The van der Waals surface area contributed by atoms with Crippen molar-refractivity contribution in [3.05, 3.63) is 52.0 Å². The quantitative estimate of drug-likeness (QED) is 0.681. The monoisotopic (exact) mass is 396 g/mol. The molecular formula is C19H26Cl2N4O. The highest BCUT2D eigenvalue weighted by Crippen LogP contribution is 2.22. The Balaban J connectivity index is 2.17. The maximum absolute atomic E-state index is 12.6. The van der Waals surface area contributed by atoms with Gasteiger partial charge in [-0.2, -0.15) is 0 Å². The molecule has 0 saturated heterocycles. The fourth-order valence-electron chi connectivity index (χ4n) is 2.59. The second kappa shape index (κ2) is 9.40. The van der Waals surface area contributed by atoms with E-state index in [1.807, 2.05) is 55.7 Å². The van der Waals surface area contributed by atoms with Gasteiger partial charge in [0.15, 0.2) is 0 Å². The first-order valence-electron chi connectivity index (χ1n) is 8.65. The molecule has 0 aliphatic heterocycles. The van der Waals surface area contributed by atoms with Gasteiger partial charge in [-0.3, -0.25) is 4.79 Å². The molecule has 1 aromatic carbocycles. The minimum absolute atomic E-state index is 0.0497. The van der Waals surface area contributed by atoms with Crippen LogP contribution in [-0.2, 0) is 17.9 Å². The molecule has 0 N–H and O–H groups in total. The van der Waals surface area contributed by atoms with E-state index in [0.717, 1.165) is 17.9 Å². The molecule has 142 valence electrons. The Morgan fingerprint density at radius 2 is 1.96 bits per heavy atom. The van der Waals surface area contributed by atoms with E-state index in [9.17, 15) is 4.79 Å². The number of amides is 1. The summed E-state index contributed by atoms with van der Waals surface area (Å²) in [7, 11) is 4.00. The molecule has 1 aromatic heterocycles. The van der Waals surface area contributed by atoms with Gasteiger partial charge in [0.2, 0.25) is 5.91 Å². The van der Waals surface area contributed by atoms with E-state index >= 15 is 0 Å². The van der Waals surface area contributed by atoms with Crippen LogP contribution in [0.3, 0.4) is 0 Å². The zero-order valence-corrected chi connectivity index (χ0v) is 17.3. The van der Waals surface area contributed by atoms with Crippen molar-refractivity contribution in [3.8, 4) is 0 Å². The van der Waals surface area contributed by atoms with E-state index in [1.54, 1.807) is 12.3 Å². The van der Waals surface area contributed by atoms with Gasteiger partial charge in [-0.1, -0.05) is 43.1 Å². The molecule has 5 nitrogen and oxygen atoms in total. The Bertz CT molecular complexity index is 743. The van der Waals surface area contributed by atoms with Crippen molar-refractivity contribution in [2.75, 3.05) is 27.2 Å². The summed E-state index contributed by atoms with van der Waals surface area (Å²) in [6, 6.07) is 5.48. The first kappa shape index (κ1) is 20.7. The Kier molecular flexibility index (Phi) is 7.50. The molecule has 0 fully saturated rings. The molecule has 0 radical (unpaired) electrons. The fraction of sp³-hybridized carbons (Fsp3) is 0.474. The van der Waals surface area contributed by atoms with Crippen molar-refractivity contribution in [1.29, 1.82) is 0 Å². The van der Waals surface area contributed by atoms with Crippen LogP contribution in [-0.4, -0.2) is 52.4 Å². The van der Waals surface area contributed by atoms with Gasteiger partial charge in [-0.25, -0.2) is 4.98 Å². The van der Waals surface area contributed by atoms with Gasteiger partial charge >= 0.3 is 0 Å². The molecule has 2 aromatic rings. The molecule has 1 amide bonds. The number of halogens is 2. The van der Waals surface area contributed by atoms with Crippen LogP contribution in [0.1, 0.15) is 25.2 Å². The van der Waals surface area contributed by atoms with Crippen molar-refractivity contribution in [1.82, 2.24) is 19.4 Å². The van der Waals surface area contributed by atoms with E-state index in [4.69, 9.17) is 23.2 Å². The number of rotatable bonds is 8. The topological polar surface area (TPSA) is 41.4 Å². The van der Waals surface area contributed by atoms with Gasteiger partial charge in [0.1, 0.15) is 5.82 Å². The van der Waals surface area contributed by atoms with Gasteiger partial charge in [0, 0.05) is 41.4 Å². The molecule has 0 unspecified atom stereocenters. The van der Waals surface area contributed by atoms with Crippen LogP contribution in [0.25, 0.3) is 0 Å². The average Bonchev–Trinajstić information content (AvgIpc) is 3.00. The van der Waals surface area contributed by atoms with Gasteiger partial charge in [0.25, 0.3) is 0 Å². The number of benzene rings is 1. The largest absolute Gasteiger partial charge is 0.334 e. The normalized spacial score (nSPS) is 11.4. The predicted octanol–water partition coefficient (Wildman–Crippen LogP) is 3.78. The van der Waals surface area contributed by atoms with E-state index in [2.05, 4.69) is 9.88 Å². The van der Waals surface area contributed by atoms with Crippen molar-refractivity contribution in [2.45, 2.75) is 26.9 Å². The number of hydrogen-bond acceptors (Lipinski definition) is 3. The van der Waals surface area contributed by atoms with E-state index in [-0.39, 0.29) is 11.8 Å². The molecule has 0 aliphatic carbocycles. The van der Waals surface area contributed by atoms with Crippen molar-refractivity contribution < 1.29 is 4.79 Å². The lowest BCUT2D eigenvalue weighted by molar-refractivity contribution is -0.135. The molecule has 0 aliphatic rings. The Morgan fingerprint density at radius 1 is 1.23 bits per heavy atom. The second-order valence-electron chi connectivity index (χ2n) is 6.92. The lowest BCUT2D eigenvalue weighted by atomic mass is 10.2. The Morgan fingerprint density at radius 3 is 2.58 bits per heavy atom. The van der Waals surface area contributed by atoms with Crippen molar-refractivity contribution in [2.24, 2.45) is 5.92 Å². The summed E-state index contributed by atoms with van der Waals surface area (Å²) in [5.41, 5.74) is 0.963. The summed E-state index contributed by atoms with van der Waals surface area (Å²) in [5.74, 6) is 0.918. The number of aromatic nitrogens is 2. The van der Waals surface area contributed by atoms with Crippen LogP contribution in [0.15, 0.2) is 30.6 Å². The molecule has 26 heavy (non-hydrogen) atoms. The van der Waals surface area contributed by atoms with Crippen LogP contribution in [0.5, 0.6) is 0 Å². The summed E-state index contributed by atoms with van der Waals surface area (Å²) in [6.07, 6.45) is 3.66. The number of nitrogens with zero attached hydrogens (tertiary/aromatic N) is 4. The van der Waals surface area contributed by atoms with Gasteiger partial charge in [0.05, 0.1) is 13.1 Å². The van der Waals surface area contributed by atoms with Crippen LogP contribution >= 0.6 is 23.2 Å². The zero-order chi connectivity index (χ0) is 19.3. The standard InChI is InChI=1S/C19H26Cl2N4O/c1-14(2)19(26)25(10-9-23(3)4)13-18-22-7-8-24(18)12-15-5-6-16(20)11-17(15)21/h5-8,11,14H,9-10,12-13H2,1-4H3. The predicted molar refractivity (Wildman–Crippen MR) is 107 cm³/mol. The number of likely N-dealkylation sites (N-methyl/N-ethyl adjacent to an activating group) is 1. The minimum Gasteiger partial charge on any atom is -0.334 e. The van der Waals surface area contributed by atoms with Crippen LogP contribution in [0, 0.1) is 5.92 Å². The molecule has 1 heterocycles. The molecule has 0 saturated carbocycles. The Hall–Kier alpha value is -1.56. The molecule has 0 atom stereocenters. The number of carbonyl (C=O) groups is 1. The molecule has 0 spiro atoms. The first-order chi connectivity index (χ1) is 12.3. The van der Waals surface area contributed by atoms with Crippen LogP contribution in [0.4, 0.5) is 0 Å². The average molecular weight is 397 g/mol. The van der Waals surface area contributed by atoms with Crippen LogP contribution in [0.2, 0.25) is 10.0 Å². The molecule has 0 bridgehead atoms. The molecule has 2 rings (SSSR count).